The van der Waals surface area contributed by atoms with Crippen LogP contribution in [-0.2, 0) is 9.84 Å². The van der Waals surface area contributed by atoms with E-state index in [1.807, 2.05) is 6.92 Å². The number of nitrogens with one attached hydrogen (secondary N) is 1. The predicted molar refractivity (Wildman–Crippen MR) is 128 cm³/mol. The summed E-state index contributed by atoms with van der Waals surface area (Å²) < 4.78 is 50.6. The van der Waals surface area contributed by atoms with Crippen LogP contribution in [-0.4, -0.2) is 48.7 Å². The fourth-order valence-electron chi connectivity index (χ4n) is 3.90. The summed E-state index contributed by atoms with van der Waals surface area (Å²) in [6, 6.07) is 11.9. The molecule has 0 spiro atoms. The lowest BCUT2D eigenvalue weighted by molar-refractivity contribution is 0.310. The van der Waals surface area contributed by atoms with E-state index in [4.69, 9.17) is 9.47 Å². The van der Waals surface area contributed by atoms with Gasteiger partial charge in [0, 0.05) is 18.0 Å². The van der Waals surface area contributed by atoms with Crippen LogP contribution >= 0.6 is 0 Å². The Kier molecular flexibility index (Phi) is 6.43. The minimum Gasteiger partial charge on any atom is -0.493 e. The van der Waals surface area contributed by atoms with Crippen molar-refractivity contribution in [3.8, 4) is 22.6 Å². The number of ether oxygens (including phenoxy) is 2. The van der Waals surface area contributed by atoms with Gasteiger partial charge in [-0.3, -0.25) is 4.57 Å². The number of aromatic amines is 1. The van der Waals surface area contributed by atoms with Crippen LogP contribution in [0.5, 0.6) is 11.5 Å². The lowest BCUT2D eigenvalue weighted by Gasteiger charge is -2.20. The highest BCUT2D eigenvalue weighted by atomic mass is 32.2. The number of nitrogens with zero attached hydrogens (tertiary/aromatic N) is 2. The van der Waals surface area contributed by atoms with Gasteiger partial charge in [0.2, 0.25) is 0 Å². The van der Waals surface area contributed by atoms with Crippen molar-refractivity contribution in [1.82, 2.24) is 14.5 Å². The molecular formula is C24H24FN3O5S. The molecule has 0 saturated heterocycles. The standard InChI is InChI=1S/C24H24FN3O5S/c1-4-33-22-12-16(8-9-21(22)32-2)20(14-34(3,30)31)28-23-19(27-24(28)29)11-17(13-26-23)15-6-5-7-18(25)10-15/h5-13,20H,4,14H2,1-3H3,(H,27,29). The third-order valence-corrected chi connectivity index (χ3v) is 6.28. The molecular weight excluding hydrogens is 461 g/mol. The first-order valence-electron chi connectivity index (χ1n) is 10.5. The van der Waals surface area contributed by atoms with Gasteiger partial charge in [-0.25, -0.2) is 22.6 Å². The number of pyridine rings is 1. The van der Waals surface area contributed by atoms with Crippen LogP contribution in [0.3, 0.4) is 0 Å². The zero-order valence-corrected chi connectivity index (χ0v) is 19.7. The summed E-state index contributed by atoms with van der Waals surface area (Å²) in [6.07, 6.45) is 2.64. The second-order valence-corrected chi connectivity index (χ2v) is 10.0. The molecule has 10 heteroatoms. The van der Waals surface area contributed by atoms with Crippen LogP contribution in [0, 0.1) is 5.82 Å². The first-order chi connectivity index (χ1) is 16.2. The van der Waals surface area contributed by atoms with E-state index < -0.39 is 21.6 Å². The maximum absolute atomic E-state index is 13.7. The van der Waals surface area contributed by atoms with Gasteiger partial charge in [0.1, 0.15) is 15.7 Å². The van der Waals surface area contributed by atoms with Gasteiger partial charge in [0.05, 0.1) is 31.0 Å². The largest absolute Gasteiger partial charge is 0.493 e. The molecule has 0 aliphatic rings. The van der Waals surface area contributed by atoms with Gasteiger partial charge in [-0.2, -0.15) is 0 Å². The van der Waals surface area contributed by atoms with Crippen molar-refractivity contribution in [2.45, 2.75) is 13.0 Å². The van der Waals surface area contributed by atoms with E-state index in [0.717, 1.165) is 6.26 Å². The minimum absolute atomic E-state index is 0.285. The van der Waals surface area contributed by atoms with Gasteiger partial charge in [-0.15, -0.1) is 0 Å². The molecule has 178 valence electrons. The molecule has 2 aromatic heterocycles. The Balaban J connectivity index is 1.88. The van der Waals surface area contributed by atoms with Crippen molar-refractivity contribution in [2.24, 2.45) is 0 Å². The third kappa shape index (κ3) is 4.81. The number of hydrogen-bond donors (Lipinski definition) is 1. The summed E-state index contributed by atoms with van der Waals surface area (Å²) in [6.45, 7) is 2.21. The number of fused-ring (bicyclic) bond motifs is 1. The molecule has 34 heavy (non-hydrogen) atoms. The smallest absolute Gasteiger partial charge is 0.328 e. The summed E-state index contributed by atoms with van der Waals surface area (Å²) >= 11 is 0. The Hall–Kier alpha value is -3.66. The second-order valence-electron chi connectivity index (χ2n) is 7.86. The normalized spacial score (nSPS) is 12.6. The zero-order chi connectivity index (χ0) is 24.5. The summed E-state index contributed by atoms with van der Waals surface area (Å²) in [5.74, 6) is 0.218. The molecule has 2 aromatic carbocycles. The maximum Gasteiger partial charge on any atom is 0.328 e. The van der Waals surface area contributed by atoms with E-state index in [2.05, 4.69) is 9.97 Å². The summed E-state index contributed by atoms with van der Waals surface area (Å²) in [7, 11) is -1.99. The summed E-state index contributed by atoms with van der Waals surface area (Å²) in [5.41, 5.74) is 1.95. The van der Waals surface area contributed by atoms with Gasteiger partial charge in [-0.1, -0.05) is 18.2 Å². The number of rotatable bonds is 8. The molecule has 0 aliphatic heterocycles. The molecule has 1 N–H and O–H groups in total. The SMILES string of the molecule is CCOc1cc(C(CS(C)(=O)=O)n2c(=O)[nH]c3cc(-c4cccc(F)c4)cnc32)ccc1OC. The highest BCUT2D eigenvalue weighted by Gasteiger charge is 2.25. The number of imidazole rings is 1. The average Bonchev–Trinajstić information content (AvgIpc) is 3.12. The van der Waals surface area contributed by atoms with Crippen molar-refractivity contribution < 1.29 is 22.3 Å². The highest BCUT2D eigenvalue weighted by Crippen LogP contribution is 2.33. The van der Waals surface area contributed by atoms with Crippen LogP contribution in [0.2, 0.25) is 0 Å². The molecule has 1 atom stereocenters. The molecule has 4 rings (SSSR count). The van der Waals surface area contributed by atoms with Gasteiger partial charge in [-0.05, 0) is 48.4 Å². The van der Waals surface area contributed by atoms with Crippen molar-refractivity contribution in [3.63, 3.8) is 0 Å². The van der Waals surface area contributed by atoms with Crippen LogP contribution in [0.1, 0.15) is 18.5 Å². The second kappa shape index (κ2) is 9.30. The number of hydrogen-bond acceptors (Lipinski definition) is 6. The topological polar surface area (TPSA) is 103 Å². The molecule has 4 aromatic rings. The zero-order valence-electron chi connectivity index (χ0n) is 18.9. The molecule has 0 aliphatic carbocycles. The summed E-state index contributed by atoms with van der Waals surface area (Å²) in [4.78, 5) is 20.2. The summed E-state index contributed by atoms with van der Waals surface area (Å²) in [5, 5.41) is 0. The van der Waals surface area contributed by atoms with E-state index in [9.17, 15) is 17.6 Å². The van der Waals surface area contributed by atoms with Crippen molar-refractivity contribution >= 4 is 21.0 Å². The quantitative estimate of drug-likeness (QED) is 0.409. The highest BCUT2D eigenvalue weighted by molar-refractivity contribution is 7.90. The average molecular weight is 486 g/mol. The van der Waals surface area contributed by atoms with Crippen molar-refractivity contribution in [2.75, 3.05) is 25.7 Å². The molecule has 1 unspecified atom stereocenters. The van der Waals surface area contributed by atoms with Crippen LogP contribution in [0.4, 0.5) is 4.39 Å². The monoisotopic (exact) mass is 485 g/mol. The molecule has 0 saturated carbocycles. The Bertz CT molecular complexity index is 1510. The van der Waals surface area contributed by atoms with Crippen LogP contribution < -0.4 is 15.2 Å². The molecule has 8 nitrogen and oxygen atoms in total. The van der Waals surface area contributed by atoms with Crippen molar-refractivity contribution in [1.29, 1.82) is 0 Å². The molecule has 2 heterocycles. The van der Waals surface area contributed by atoms with Gasteiger partial charge in [0.15, 0.2) is 17.1 Å². The molecule has 0 amide bonds. The Morgan fingerprint density at radius 3 is 2.59 bits per heavy atom. The fourth-order valence-corrected chi connectivity index (χ4v) is 4.82. The van der Waals surface area contributed by atoms with E-state index in [0.29, 0.717) is 40.3 Å². The van der Waals surface area contributed by atoms with Crippen LogP contribution in [0.15, 0.2) is 59.5 Å². The minimum atomic E-state index is -3.49. The van der Waals surface area contributed by atoms with E-state index >= 15 is 0 Å². The van der Waals surface area contributed by atoms with E-state index in [1.165, 1.54) is 30.0 Å². The first-order valence-corrected chi connectivity index (χ1v) is 12.6. The number of halogens is 1. The van der Waals surface area contributed by atoms with Crippen LogP contribution in [0.25, 0.3) is 22.3 Å². The Morgan fingerprint density at radius 2 is 1.91 bits per heavy atom. The maximum atomic E-state index is 13.7. The van der Waals surface area contributed by atoms with E-state index in [1.54, 1.807) is 36.4 Å². The van der Waals surface area contributed by atoms with Gasteiger partial charge >= 0.3 is 5.69 Å². The predicted octanol–water partition coefficient (Wildman–Crippen LogP) is 3.57. The number of methoxy groups -OCH3 is 1. The lowest BCUT2D eigenvalue weighted by Crippen LogP contribution is -2.28. The lowest BCUT2D eigenvalue weighted by atomic mass is 10.1. The number of aromatic nitrogens is 3. The first kappa shape index (κ1) is 23.5. The molecule has 0 bridgehead atoms. The van der Waals surface area contributed by atoms with Crippen molar-refractivity contribution in [3.05, 3.63) is 76.6 Å². The molecule has 0 fully saturated rings. The fraction of sp³-hybridized carbons (Fsp3) is 0.250. The number of sulfone groups is 1. The molecule has 0 radical (unpaired) electrons. The Morgan fingerprint density at radius 1 is 1.12 bits per heavy atom. The number of benzene rings is 2. The van der Waals surface area contributed by atoms with Gasteiger partial charge in [0.25, 0.3) is 0 Å². The van der Waals surface area contributed by atoms with E-state index in [-0.39, 0.29) is 17.2 Å². The Labute approximate surface area is 195 Å². The third-order valence-electron chi connectivity index (χ3n) is 5.36. The number of H-pyrrole nitrogens is 1. The van der Waals surface area contributed by atoms with Gasteiger partial charge < -0.3 is 14.5 Å².